The largest absolute Gasteiger partial charge is 0.428 e. The molecular weight excluding hydrogens is 402 g/mol. The average molecular weight is 432 g/mol. The van der Waals surface area contributed by atoms with E-state index < -0.39 is 0 Å². The molecule has 32 heavy (non-hydrogen) atoms. The van der Waals surface area contributed by atoms with Crippen molar-refractivity contribution in [3.63, 3.8) is 0 Å². The first-order valence-electron chi connectivity index (χ1n) is 10.8. The Morgan fingerprint density at radius 1 is 1.03 bits per heavy atom. The van der Waals surface area contributed by atoms with Crippen molar-refractivity contribution in [1.29, 1.82) is 0 Å². The minimum Gasteiger partial charge on any atom is -0.428 e. The second-order valence-corrected chi connectivity index (χ2v) is 9.60. The first-order chi connectivity index (χ1) is 15.2. The van der Waals surface area contributed by atoms with Crippen molar-refractivity contribution in [3.8, 4) is 28.1 Å². The van der Waals surface area contributed by atoms with Gasteiger partial charge in [0.15, 0.2) is 0 Å². The van der Waals surface area contributed by atoms with Crippen molar-refractivity contribution in [2.45, 2.75) is 57.7 Å². The van der Waals surface area contributed by atoms with Gasteiger partial charge in [-0.3, -0.25) is 14.8 Å². The van der Waals surface area contributed by atoms with Gasteiger partial charge in [-0.05, 0) is 64.3 Å². The molecule has 0 amide bonds. The Kier molecular flexibility index (Phi) is 5.93. The maximum absolute atomic E-state index is 11.1. The lowest BCUT2D eigenvalue weighted by atomic mass is 9.79. The van der Waals surface area contributed by atoms with Crippen LogP contribution in [0.1, 0.15) is 40.5 Å². The van der Waals surface area contributed by atoms with Gasteiger partial charge in [0.25, 0.3) is 6.47 Å². The summed E-state index contributed by atoms with van der Waals surface area (Å²) in [6.45, 7) is 9.32. The molecule has 1 saturated heterocycles. The molecule has 7 heteroatoms. The van der Waals surface area contributed by atoms with Gasteiger partial charge in [-0.2, -0.15) is 0 Å². The van der Waals surface area contributed by atoms with E-state index in [1.807, 2.05) is 30.3 Å². The molecule has 1 aromatic carbocycles. The number of aromatic nitrogens is 3. The van der Waals surface area contributed by atoms with Crippen LogP contribution in [-0.4, -0.2) is 38.5 Å². The van der Waals surface area contributed by atoms with Crippen molar-refractivity contribution < 1.29 is 9.53 Å². The van der Waals surface area contributed by atoms with Gasteiger partial charge in [0.1, 0.15) is 11.6 Å². The van der Waals surface area contributed by atoms with Gasteiger partial charge in [-0.1, -0.05) is 12.1 Å². The fourth-order valence-electron chi connectivity index (χ4n) is 4.77. The van der Waals surface area contributed by atoms with Crippen LogP contribution in [0.15, 0.2) is 55.1 Å². The lowest BCUT2D eigenvalue weighted by Crippen LogP contribution is -2.60. The van der Waals surface area contributed by atoms with Crippen molar-refractivity contribution in [1.82, 2.24) is 20.3 Å². The van der Waals surface area contributed by atoms with Crippen LogP contribution < -0.4 is 15.4 Å². The minimum atomic E-state index is 0.0455. The van der Waals surface area contributed by atoms with Crippen LogP contribution >= 0.6 is 0 Å². The number of hydrogen-bond acceptors (Lipinski definition) is 7. The molecule has 0 unspecified atom stereocenters. The molecular formula is C25H29N5O2. The molecule has 0 radical (unpaired) electrons. The van der Waals surface area contributed by atoms with Crippen LogP contribution in [0.5, 0.6) is 5.75 Å². The number of pyridine rings is 1. The Bertz CT molecular complexity index is 1070. The molecule has 0 bridgehead atoms. The smallest absolute Gasteiger partial charge is 0.298 e. The highest BCUT2D eigenvalue weighted by atomic mass is 16.5. The van der Waals surface area contributed by atoms with E-state index in [0.717, 1.165) is 29.8 Å². The summed E-state index contributed by atoms with van der Waals surface area (Å²) < 4.78 is 5.26. The number of benzene rings is 1. The third-order valence-electron chi connectivity index (χ3n) is 5.62. The summed E-state index contributed by atoms with van der Waals surface area (Å²) in [5, 5.41) is 7.22. The Labute approximate surface area is 188 Å². The lowest BCUT2D eigenvalue weighted by Gasteiger charge is -2.46. The normalized spacial score (nSPS) is 17.5. The fraction of sp³-hybridized carbons (Fsp3) is 0.360. The Balaban J connectivity index is 1.55. The summed E-state index contributed by atoms with van der Waals surface area (Å²) in [6, 6.07) is 9.77. The summed E-state index contributed by atoms with van der Waals surface area (Å²) in [5.41, 5.74) is 3.27. The third-order valence-corrected chi connectivity index (χ3v) is 5.62. The van der Waals surface area contributed by atoms with Gasteiger partial charge in [0.2, 0.25) is 0 Å². The molecule has 0 saturated carbocycles. The molecule has 0 atom stereocenters. The molecule has 1 aliphatic rings. The topological polar surface area (TPSA) is 89.0 Å². The summed E-state index contributed by atoms with van der Waals surface area (Å²) in [6.07, 6.45) is 8.91. The molecule has 1 aliphatic heterocycles. The van der Waals surface area contributed by atoms with Gasteiger partial charge >= 0.3 is 0 Å². The number of hydrogen-bond donors (Lipinski definition) is 2. The van der Waals surface area contributed by atoms with Crippen molar-refractivity contribution in [2.24, 2.45) is 0 Å². The van der Waals surface area contributed by atoms with Gasteiger partial charge in [-0.15, -0.1) is 0 Å². The van der Waals surface area contributed by atoms with Crippen LogP contribution in [0.3, 0.4) is 0 Å². The first kappa shape index (κ1) is 21.9. The van der Waals surface area contributed by atoms with Crippen LogP contribution in [-0.2, 0) is 4.79 Å². The number of anilines is 1. The van der Waals surface area contributed by atoms with E-state index in [-0.39, 0.29) is 11.1 Å². The predicted molar refractivity (Wildman–Crippen MR) is 125 cm³/mol. The molecule has 0 aliphatic carbocycles. The van der Waals surface area contributed by atoms with Crippen LogP contribution in [0.2, 0.25) is 0 Å². The zero-order valence-corrected chi connectivity index (χ0v) is 18.9. The maximum Gasteiger partial charge on any atom is 0.298 e. The highest BCUT2D eigenvalue weighted by Crippen LogP contribution is 2.34. The number of rotatable bonds is 6. The van der Waals surface area contributed by atoms with E-state index in [0.29, 0.717) is 29.5 Å². The minimum absolute atomic E-state index is 0.0455. The van der Waals surface area contributed by atoms with Gasteiger partial charge in [0, 0.05) is 40.6 Å². The molecule has 1 fully saturated rings. The van der Waals surface area contributed by atoms with Gasteiger partial charge < -0.3 is 15.4 Å². The number of piperidine rings is 1. The molecule has 2 N–H and O–H groups in total. The maximum atomic E-state index is 11.1. The molecule has 166 valence electrons. The van der Waals surface area contributed by atoms with E-state index in [4.69, 9.17) is 4.74 Å². The summed E-state index contributed by atoms with van der Waals surface area (Å²) in [5.74, 6) is 1.16. The SMILES string of the molecule is CC1(C)CC(Nc2cnc(-c3ccc(-c4cccnc4)cc3OC=O)cn2)CC(C)(C)N1. The Morgan fingerprint density at radius 3 is 2.44 bits per heavy atom. The van der Waals surface area contributed by atoms with Gasteiger partial charge in [-0.25, -0.2) is 4.98 Å². The van der Waals surface area contributed by atoms with Crippen LogP contribution in [0, 0.1) is 0 Å². The highest BCUT2D eigenvalue weighted by molar-refractivity contribution is 5.75. The highest BCUT2D eigenvalue weighted by Gasteiger charge is 2.37. The lowest BCUT2D eigenvalue weighted by molar-refractivity contribution is -0.120. The number of nitrogens with one attached hydrogen (secondary N) is 2. The molecule has 3 heterocycles. The molecule has 7 nitrogen and oxygen atoms in total. The van der Waals surface area contributed by atoms with Crippen molar-refractivity contribution >= 4 is 12.3 Å². The van der Waals surface area contributed by atoms with E-state index in [2.05, 4.69) is 53.3 Å². The number of ether oxygens (including phenoxy) is 1. The summed E-state index contributed by atoms with van der Waals surface area (Å²) in [7, 11) is 0. The second-order valence-electron chi connectivity index (χ2n) is 9.60. The van der Waals surface area contributed by atoms with Crippen molar-refractivity contribution in [2.75, 3.05) is 5.32 Å². The summed E-state index contributed by atoms with van der Waals surface area (Å²) in [4.78, 5) is 24.4. The standard InChI is InChI=1S/C25H29N5O2/c1-24(2)11-19(12-25(3,4)30-24)29-23-15-27-21(14-28-23)20-8-7-17(10-22(20)32-16-31)18-6-5-9-26-13-18/h5-10,13-16,19,30H,11-12H2,1-4H3,(H,28,29). The molecule has 3 aromatic rings. The van der Waals surface area contributed by atoms with E-state index in [1.54, 1.807) is 24.8 Å². The monoisotopic (exact) mass is 431 g/mol. The molecule has 4 rings (SSSR count). The van der Waals surface area contributed by atoms with E-state index in [1.165, 1.54) is 0 Å². The van der Waals surface area contributed by atoms with E-state index >= 15 is 0 Å². The Hall–Kier alpha value is -3.32. The fourth-order valence-corrected chi connectivity index (χ4v) is 4.77. The summed E-state index contributed by atoms with van der Waals surface area (Å²) >= 11 is 0. The molecule has 2 aromatic heterocycles. The quantitative estimate of drug-likeness (QED) is 0.557. The van der Waals surface area contributed by atoms with E-state index in [9.17, 15) is 4.79 Å². The van der Waals surface area contributed by atoms with Crippen LogP contribution in [0.4, 0.5) is 5.82 Å². The zero-order chi connectivity index (χ0) is 22.8. The van der Waals surface area contributed by atoms with Crippen molar-refractivity contribution in [3.05, 3.63) is 55.1 Å². The number of carbonyl (C=O) groups is 1. The second kappa shape index (κ2) is 8.67. The molecule has 0 spiro atoms. The van der Waals surface area contributed by atoms with Gasteiger partial charge in [0.05, 0.1) is 18.1 Å². The Morgan fingerprint density at radius 2 is 1.81 bits per heavy atom. The average Bonchev–Trinajstić information content (AvgIpc) is 2.73. The number of nitrogens with zero attached hydrogens (tertiary/aromatic N) is 3. The predicted octanol–water partition coefficient (Wildman–Crippen LogP) is 4.46. The number of carbonyl (C=O) groups excluding carboxylic acids is 1. The van der Waals surface area contributed by atoms with Crippen LogP contribution in [0.25, 0.3) is 22.4 Å². The zero-order valence-electron chi connectivity index (χ0n) is 18.9. The third kappa shape index (κ3) is 5.11. The first-order valence-corrected chi connectivity index (χ1v) is 10.8.